The van der Waals surface area contributed by atoms with Crippen LogP contribution in [0.25, 0.3) is 0 Å². The molecule has 1 atom stereocenters. The van der Waals surface area contributed by atoms with Crippen LogP contribution in [0.5, 0.6) is 0 Å². The first-order valence-electron chi connectivity index (χ1n) is 32.0. The van der Waals surface area contributed by atoms with Crippen molar-refractivity contribution in [2.45, 2.75) is 277 Å². The molecule has 0 fully saturated rings. The zero-order chi connectivity index (χ0) is 56.2. The Bertz CT molecular complexity index is 1690. The van der Waals surface area contributed by atoms with Gasteiger partial charge in [0.25, 0.3) is 0 Å². The van der Waals surface area contributed by atoms with Crippen LogP contribution >= 0.6 is 0 Å². The number of allylic oxidation sites excluding steroid dienone is 26. The Morgan fingerprint density at radius 3 is 0.769 bits per heavy atom. The lowest BCUT2D eigenvalue weighted by Crippen LogP contribution is -2.28. The van der Waals surface area contributed by atoms with Gasteiger partial charge in [0.05, 0.1) is 6.61 Å². The third-order valence-corrected chi connectivity index (χ3v) is 13.3. The molecule has 0 aliphatic rings. The van der Waals surface area contributed by atoms with E-state index in [9.17, 15) is 14.7 Å². The molecule has 0 spiro atoms. The summed E-state index contributed by atoms with van der Waals surface area (Å²) in [5.41, 5.74) is 0. The molecule has 0 aliphatic heterocycles. The van der Waals surface area contributed by atoms with Crippen molar-refractivity contribution in [2.24, 2.45) is 0 Å². The molecule has 0 aromatic rings. The summed E-state index contributed by atoms with van der Waals surface area (Å²) < 4.78 is 10.7. The Morgan fingerprint density at radius 2 is 0.513 bits per heavy atom. The van der Waals surface area contributed by atoms with Crippen molar-refractivity contribution >= 4 is 11.9 Å². The van der Waals surface area contributed by atoms with Crippen molar-refractivity contribution < 1.29 is 24.2 Å². The summed E-state index contributed by atoms with van der Waals surface area (Å²) in [6.45, 7) is 3.91. The number of carbonyl (C=O) groups excluding carboxylic acids is 2. The standard InChI is InChI=1S/C73H118O5/c1-3-5-7-9-11-13-15-17-19-21-23-25-27-29-31-33-35-36-38-40-42-44-46-48-50-52-54-56-58-60-62-64-66-68-73(76)78-71(69-74)70-77-72(75)67-65-63-61-59-57-55-53-51-49-47-45-43-41-39-37-34-32-30-28-26-24-22-20-18-16-14-12-10-8-6-4-2/h5-8,11-14,17-20,23-26,29-32,35-36,40,42,46,48,71,74H,3-4,9-10,15-16,21-22,27-28,33-34,37-39,41,43-45,47,49-70H2,1-2H3/b7-5-,8-6-,13-11-,14-12-,19-17-,20-18-,25-23-,26-24-,31-29-,32-30-,36-35-,42-40-,48-46-. The molecule has 0 heterocycles. The van der Waals surface area contributed by atoms with Crippen LogP contribution in [0.2, 0.25) is 0 Å². The molecule has 0 saturated heterocycles. The van der Waals surface area contributed by atoms with Crippen molar-refractivity contribution in [1.82, 2.24) is 0 Å². The molecule has 440 valence electrons. The second kappa shape index (κ2) is 66.8. The third kappa shape index (κ3) is 64.0. The van der Waals surface area contributed by atoms with E-state index in [-0.39, 0.29) is 25.2 Å². The van der Waals surface area contributed by atoms with Crippen molar-refractivity contribution in [2.75, 3.05) is 13.2 Å². The average Bonchev–Trinajstić information content (AvgIpc) is 3.44. The van der Waals surface area contributed by atoms with E-state index in [1.54, 1.807) is 0 Å². The molecule has 0 amide bonds. The molecular weight excluding hydrogens is 957 g/mol. The lowest BCUT2D eigenvalue weighted by atomic mass is 10.0. The van der Waals surface area contributed by atoms with Crippen LogP contribution in [0.4, 0.5) is 0 Å². The van der Waals surface area contributed by atoms with Crippen LogP contribution in [0, 0.1) is 0 Å². The van der Waals surface area contributed by atoms with Gasteiger partial charge in [0.15, 0.2) is 6.10 Å². The fourth-order valence-electron chi connectivity index (χ4n) is 8.60. The highest BCUT2D eigenvalue weighted by Crippen LogP contribution is 2.16. The summed E-state index contributed by atoms with van der Waals surface area (Å²) in [4.78, 5) is 24.6. The Morgan fingerprint density at radius 1 is 0.295 bits per heavy atom. The first-order chi connectivity index (χ1) is 38.6. The second-order valence-corrected chi connectivity index (χ2v) is 20.7. The molecule has 0 aromatic heterocycles. The van der Waals surface area contributed by atoms with Gasteiger partial charge in [0, 0.05) is 12.8 Å². The third-order valence-electron chi connectivity index (χ3n) is 13.3. The summed E-state index contributed by atoms with van der Waals surface area (Å²) in [5, 5.41) is 9.69. The fraction of sp³-hybridized carbons (Fsp3) is 0.616. The number of rotatable bonds is 57. The van der Waals surface area contributed by atoms with E-state index in [0.717, 1.165) is 128 Å². The number of hydrogen-bond donors (Lipinski definition) is 1. The number of ether oxygens (including phenoxy) is 2. The summed E-state index contributed by atoms with van der Waals surface area (Å²) in [6.07, 6.45) is 102. The number of aliphatic hydroxyl groups is 1. The van der Waals surface area contributed by atoms with E-state index in [1.807, 2.05) is 0 Å². The van der Waals surface area contributed by atoms with E-state index < -0.39 is 6.10 Å². The molecular formula is C73H118O5. The molecule has 0 saturated carbocycles. The maximum atomic E-state index is 12.3. The highest BCUT2D eigenvalue weighted by Gasteiger charge is 2.16. The quantitative estimate of drug-likeness (QED) is 0.0373. The molecule has 78 heavy (non-hydrogen) atoms. The highest BCUT2D eigenvalue weighted by atomic mass is 16.6. The normalized spacial score (nSPS) is 13.3. The first-order valence-corrected chi connectivity index (χ1v) is 32.0. The van der Waals surface area contributed by atoms with Gasteiger partial charge in [-0.2, -0.15) is 0 Å². The molecule has 0 aliphatic carbocycles. The SMILES string of the molecule is CC/C=C\C/C=C\C/C=C\C/C=C\C/C=C\C/C=C\C/C=C\C/C=C\CCCCCCCCCCC(=O)OC(CO)COC(=O)CCCCCCCCCCCCCCCCC/C=C\C/C=C\C/C=C\C/C=C\C/C=C\CC. The van der Waals surface area contributed by atoms with Gasteiger partial charge in [-0.15, -0.1) is 0 Å². The van der Waals surface area contributed by atoms with Crippen LogP contribution in [0.15, 0.2) is 158 Å². The minimum absolute atomic E-state index is 0.0773. The summed E-state index contributed by atoms with van der Waals surface area (Å²) in [5.74, 6) is -0.604. The number of carbonyl (C=O) groups is 2. The number of hydrogen-bond acceptors (Lipinski definition) is 5. The van der Waals surface area contributed by atoms with Crippen molar-refractivity contribution in [3.05, 3.63) is 158 Å². The van der Waals surface area contributed by atoms with E-state index in [2.05, 4.69) is 172 Å². The summed E-state index contributed by atoms with van der Waals surface area (Å²) >= 11 is 0. The largest absolute Gasteiger partial charge is 0.462 e. The lowest BCUT2D eigenvalue weighted by Gasteiger charge is -2.15. The van der Waals surface area contributed by atoms with Crippen LogP contribution in [0.1, 0.15) is 271 Å². The van der Waals surface area contributed by atoms with Gasteiger partial charge >= 0.3 is 11.9 Å². The number of esters is 2. The van der Waals surface area contributed by atoms with Gasteiger partial charge in [-0.3, -0.25) is 9.59 Å². The van der Waals surface area contributed by atoms with Gasteiger partial charge in [-0.05, 0) is 122 Å². The van der Waals surface area contributed by atoms with Gasteiger partial charge in [0.2, 0.25) is 0 Å². The fourth-order valence-corrected chi connectivity index (χ4v) is 8.60. The highest BCUT2D eigenvalue weighted by molar-refractivity contribution is 5.70. The van der Waals surface area contributed by atoms with Crippen molar-refractivity contribution in [3.8, 4) is 0 Å². The second-order valence-electron chi connectivity index (χ2n) is 20.7. The number of unbranched alkanes of at least 4 members (excludes halogenated alkanes) is 23. The first kappa shape index (κ1) is 73.5. The van der Waals surface area contributed by atoms with Crippen LogP contribution in [-0.4, -0.2) is 36.4 Å². The maximum Gasteiger partial charge on any atom is 0.306 e. The van der Waals surface area contributed by atoms with Crippen molar-refractivity contribution in [3.63, 3.8) is 0 Å². The lowest BCUT2D eigenvalue weighted by molar-refractivity contribution is -0.161. The van der Waals surface area contributed by atoms with Gasteiger partial charge in [0.1, 0.15) is 6.61 Å². The Balaban J connectivity index is 3.55. The maximum absolute atomic E-state index is 12.3. The van der Waals surface area contributed by atoms with Gasteiger partial charge in [-0.25, -0.2) is 0 Å². The Kier molecular flexibility index (Phi) is 63.0. The monoisotopic (exact) mass is 1070 g/mol. The van der Waals surface area contributed by atoms with Gasteiger partial charge in [-0.1, -0.05) is 294 Å². The topological polar surface area (TPSA) is 72.8 Å². The molecule has 0 bridgehead atoms. The van der Waals surface area contributed by atoms with E-state index in [0.29, 0.717) is 12.8 Å². The predicted octanol–water partition coefficient (Wildman–Crippen LogP) is 22.3. The average molecular weight is 1080 g/mol. The Hall–Kier alpha value is -4.48. The van der Waals surface area contributed by atoms with E-state index in [1.165, 1.54) is 116 Å². The smallest absolute Gasteiger partial charge is 0.306 e. The molecule has 1 unspecified atom stereocenters. The van der Waals surface area contributed by atoms with Crippen LogP contribution < -0.4 is 0 Å². The minimum atomic E-state index is -0.789. The summed E-state index contributed by atoms with van der Waals surface area (Å²) in [6, 6.07) is 0. The van der Waals surface area contributed by atoms with Crippen LogP contribution in [0.3, 0.4) is 0 Å². The molecule has 0 aromatic carbocycles. The minimum Gasteiger partial charge on any atom is -0.462 e. The molecule has 1 N–H and O–H groups in total. The molecule has 5 heteroatoms. The van der Waals surface area contributed by atoms with Gasteiger partial charge < -0.3 is 14.6 Å². The van der Waals surface area contributed by atoms with E-state index in [4.69, 9.17) is 9.47 Å². The Labute approximate surface area is 481 Å². The summed E-state index contributed by atoms with van der Waals surface area (Å²) in [7, 11) is 0. The zero-order valence-corrected chi connectivity index (χ0v) is 50.4. The van der Waals surface area contributed by atoms with Crippen LogP contribution in [-0.2, 0) is 19.1 Å². The molecule has 0 radical (unpaired) electrons. The number of aliphatic hydroxyl groups excluding tert-OH is 1. The van der Waals surface area contributed by atoms with E-state index >= 15 is 0 Å². The zero-order valence-electron chi connectivity index (χ0n) is 50.4. The molecule has 5 nitrogen and oxygen atoms in total. The predicted molar refractivity (Wildman–Crippen MR) is 343 cm³/mol. The van der Waals surface area contributed by atoms with Crippen molar-refractivity contribution in [1.29, 1.82) is 0 Å². The molecule has 0 rings (SSSR count).